The third kappa shape index (κ3) is 3.31. The molecular formula is C15H19BrFNOS. The van der Waals surface area contributed by atoms with Crippen molar-refractivity contribution < 1.29 is 9.13 Å². The van der Waals surface area contributed by atoms with Gasteiger partial charge in [0.05, 0.1) is 4.47 Å². The van der Waals surface area contributed by atoms with E-state index in [1.165, 1.54) is 6.42 Å². The second-order valence-corrected chi connectivity index (χ2v) is 6.45. The van der Waals surface area contributed by atoms with E-state index in [4.69, 9.17) is 22.7 Å². The smallest absolute Gasteiger partial charge is 0.179 e. The van der Waals surface area contributed by atoms with Crippen molar-refractivity contribution >= 4 is 33.1 Å². The average molecular weight is 360 g/mol. The molecule has 0 aliphatic heterocycles. The van der Waals surface area contributed by atoms with Crippen molar-refractivity contribution in [2.75, 3.05) is 0 Å². The van der Waals surface area contributed by atoms with Crippen LogP contribution in [0.1, 0.15) is 44.6 Å². The van der Waals surface area contributed by atoms with Gasteiger partial charge < -0.3 is 10.5 Å². The van der Waals surface area contributed by atoms with Crippen LogP contribution in [0.3, 0.4) is 0 Å². The van der Waals surface area contributed by atoms with Crippen molar-refractivity contribution in [2.45, 2.75) is 45.1 Å². The molecule has 1 saturated carbocycles. The molecule has 110 valence electrons. The lowest BCUT2D eigenvalue weighted by Crippen LogP contribution is -2.30. The summed E-state index contributed by atoms with van der Waals surface area (Å²) in [6, 6.07) is 3.32. The third-order valence-corrected chi connectivity index (χ3v) is 4.95. The molecule has 0 saturated heterocycles. The van der Waals surface area contributed by atoms with Gasteiger partial charge in [0.15, 0.2) is 11.6 Å². The zero-order valence-electron chi connectivity index (χ0n) is 11.5. The Morgan fingerprint density at radius 1 is 1.45 bits per heavy atom. The Kier molecular flexibility index (Phi) is 5.38. The fourth-order valence-corrected chi connectivity index (χ4v) is 3.61. The fourth-order valence-electron chi connectivity index (χ4n) is 2.77. The minimum atomic E-state index is -0.421. The molecule has 1 fully saturated rings. The maximum Gasteiger partial charge on any atom is 0.179 e. The lowest BCUT2D eigenvalue weighted by Gasteiger charge is -2.31. The first-order valence-electron chi connectivity index (χ1n) is 6.99. The molecule has 2 atom stereocenters. The first-order chi connectivity index (χ1) is 9.54. The van der Waals surface area contributed by atoms with Gasteiger partial charge in [-0.3, -0.25) is 0 Å². The molecule has 5 heteroatoms. The van der Waals surface area contributed by atoms with Crippen molar-refractivity contribution in [3.05, 3.63) is 28.0 Å². The molecular weight excluding hydrogens is 341 g/mol. The van der Waals surface area contributed by atoms with E-state index in [1.54, 1.807) is 12.1 Å². The number of hydrogen-bond donors (Lipinski definition) is 1. The van der Waals surface area contributed by atoms with Crippen LogP contribution in [0.25, 0.3) is 0 Å². The van der Waals surface area contributed by atoms with Crippen LogP contribution in [-0.2, 0) is 0 Å². The molecule has 1 aliphatic carbocycles. The van der Waals surface area contributed by atoms with Crippen molar-refractivity contribution in [3.8, 4) is 5.75 Å². The minimum absolute atomic E-state index is 0.103. The Hall–Kier alpha value is -0.680. The molecule has 1 aromatic carbocycles. The van der Waals surface area contributed by atoms with Crippen LogP contribution in [-0.4, -0.2) is 11.1 Å². The molecule has 2 unspecified atom stereocenters. The standard InChI is InChI=1S/C15H19BrFNOS/c1-2-9-5-3-4-6-11(9)19-12-8-7-10(15(18)20)13(16)14(12)17/h7-9,11H,2-6H2,1H3,(H2,18,20). The quantitative estimate of drug-likeness (QED) is 0.799. The summed E-state index contributed by atoms with van der Waals surface area (Å²) in [6.07, 6.45) is 5.71. The van der Waals surface area contributed by atoms with E-state index in [2.05, 4.69) is 22.9 Å². The Morgan fingerprint density at radius 3 is 2.80 bits per heavy atom. The molecule has 0 amide bonds. The van der Waals surface area contributed by atoms with Gasteiger partial charge in [-0.05, 0) is 59.7 Å². The summed E-state index contributed by atoms with van der Waals surface area (Å²) in [5.74, 6) is 0.370. The molecule has 1 aliphatic rings. The summed E-state index contributed by atoms with van der Waals surface area (Å²) in [6.45, 7) is 2.16. The maximum atomic E-state index is 14.3. The van der Waals surface area contributed by atoms with Gasteiger partial charge in [0, 0.05) is 5.56 Å². The van der Waals surface area contributed by atoms with Crippen molar-refractivity contribution in [2.24, 2.45) is 11.7 Å². The molecule has 2 rings (SSSR count). The first-order valence-corrected chi connectivity index (χ1v) is 8.19. The molecule has 0 bridgehead atoms. The van der Waals surface area contributed by atoms with Gasteiger partial charge >= 0.3 is 0 Å². The average Bonchev–Trinajstić information content (AvgIpc) is 2.44. The summed E-state index contributed by atoms with van der Waals surface area (Å²) >= 11 is 8.10. The summed E-state index contributed by atoms with van der Waals surface area (Å²) in [5.41, 5.74) is 6.06. The maximum absolute atomic E-state index is 14.3. The van der Waals surface area contributed by atoms with Crippen LogP contribution in [0, 0.1) is 11.7 Å². The normalized spacial score (nSPS) is 22.6. The second kappa shape index (κ2) is 6.85. The van der Waals surface area contributed by atoms with E-state index < -0.39 is 5.82 Å². The van der Waals surface area contributed by atoms with Gasteiger partial charge in [0.25, 0.3) is 0 Å². The van der Waals surface area contributed by atoms with Crippen LogP contribution in [0.15, 0.2) is 16.6 Å². The molecule has 0 spiro atoms. The van der Waals surface area contributed by atoms with Crippen LogP contribution in [0.5, 0.6) is 5.75 Å². The van der Waals surface area contributed by atoms with Crippen LogP contribution in [0.4, 0.5) is 4.39 Å². The Labute approximate surface area is 133 Å². The second-order valence-electron chi connectivity index (χ2n) is 5.21. The van der Waals surface area contributed by atoms with E-state index in [0.717, 1.165) is 25.7 Å². The zero-order chi connectivity index (χ0) is 14.7. The molecule has 2 nitrogen and oxygen atoms in total. The van der Waals surface area contributed by atoms with E-state index in [0.29, 0.717) is 11.5 Å². The van der Waals surface area contributed by atoms with Crippen LogP contribution < -0.4 is 10.5 Å². The molecule has 20 heavy (non-hydrogen) atoms. The van der Waals surface area contributed by atoms with Crippen molar-refractivity contribution in [3.63, 3.8) is 0 Å². The highest BCUT2D eigenvalue weighted by Crippen LogP contribution is 2.34. The van der Waals surface area contributed by atoms with Gasteiger partial charge in [-0.25, -0.2) is 4.39 Å². The van der Waals surface area contributed by atoms with Crippen LogP contribution >= 0.6 is 28.1 Å². The summed E-state index contributed by atoms with van der Waals surface area (Å²) in [7, 11) is 0. The number of nitrogens with two attached hydrogens (primary N) is 1. The fraction of sp³-hybridized carbons (Fsp3) is 0.533. The number of rotatable bonds is 4. The minimum Gasteiger partial charge on any atom is -0.487 e. The molecule has 0 radical (unpaired) electrons. The predicted molar refractivity (Wildman–Crippen MR) is 86.7 cm³/mol. The number of ether oxygens (including phenoxy) is 1. The number of benzene rings is 1. The number of thiocarbonyl (C=S) groups is 1. The Morgan fingerprint density at radius 2 is 2.15 bits per heavy atom. The van der Waals surface area contributed by atoms with Crippen LogP contribution in [0.2, 0.25) is 0 Å². The first kappa shape index (κ1) is 15.7. The van der Waals surface area contributed by atoms with Gasteiger partial charge in [-0.1, -0.05) is 25.6 Å². The topological polar surface area (TPSA) is 35.2 Å². The lowest BCUT2D eigenvalue weighted by molar-refractivity contribution is 0.0861. The third-order valence-electron chi connectivity index (χ3n) is 3.95. The van der Waals surface area contributed by atoms with Gasteiger partial charge in [-0.15, -0.1) is 0 Å². The van der Waals surface area contributed by atoms with Crippen molar-refractivity contribution in [1.29, 1.82) is 0 Å². The lowest BCUT2D eigenvalue weighted by atomic mass is 9.85. The monoisotopic (exact) mass is 359 g/mol. The van der Waals surface area contributed by atoms with Gasteiger partial charge in [-0.2, -0.15) is 0 Å². The van der Waals surface area contributed by atoms with E-state index in [-0.39, 0.29) is 21.3 Å². The molecule has 2 N–H and O–H groups in total. The van der Waals surface area contributed by atoms with Gasteiger partial charge in [0.1, 0.15) is 11.1 Å². The largest absolute Gasteiger partial charge is 0.487 e. The summed E-state index contributed by atoms with van der Waals surface area (Å²) in [4.78, 5) is 0.173. The van der Waals surface area contributed by atoms with E-state index in [9.17, 15) is 4.39 Å². The van der Waals surface area contributed by atoms with Gasteiger partial charge in [0.2, 0.25) is 0 Å². The number of halogens is 2. The zero-order valence-corrected chi connectivity index (χ0v) is 13.9. The van der Waals surface area contributed by atoms with E-state index in [1.807, 2.05) is 0 Å². The summed E-state index contributed by atoms with van der Waals surface area (Å²) in [5, 5.41) is 0. The highest BCUT2D eigenvalue weighted by Gasteiger charge is 2.26. The SMILES string of the molecule is CCC1CCCCC1Oc1ccc(C(N)=S)c(Br)c1F. The Bertz CT molecular complexity index is 509. The molecule has 0 aromatic heterocycles. The molecule has 1 aromatic rings. The molecule has 0 heterocycles. The highest BCUT2D eigenvalue weighted by atomic mass is 79.9. The summed E-state index contributed by atoms with van der Waals surface area (Å²) < 4.78 is 20.5. The Balaban J connectivity index is 2.21. The number of hydrogen-bond acceptors (Lipinski definition) is 2. The predicted octanol–water partition coefficient (Wildman–Crippen LogP) is 4.57. The van der Waals surface area contributed by atoms with E-state index >= 15 is 0 Å². The van der Waals surface area contributed by atoms with Crippen molar-refractivity contribution in [1.82, 2.24) is 0 Å². The highest BCUT2D eigenvalue weighted by molar-refractivity contribution is 9.10.